The Morgan fingerprint density at radius 3 is 2.86 bits per heavy atom. The van der Waals surface area contributed by atoms with E-state index >= 15 is 0 Å². The zero-order valence-electron chi connectivity index (χ0n) is 4.41. The van der Waals surface area contributed by atoms with Crippen molar-refractivity contribution in [2.24, 2.45) is 0 Å². The van der Waals surface area contributed by atoms with Gasteiger partial charge in [-0.15, -0.1) is 0 Å². The average Bonchev–Trinajstić information content (AvgIpc) is 1.69. The molecule has 1 N–H and O–H groups in total. The Bertz CT molecular complexity index is 30.9. The lowest BCUT2D eigenvalue weighted by atomic mass is 10.5. The van der Waals surface area contributed by atoms with E-state index in [-0.39, 0.29) is 0 Å². The van der Waals surface area contributed by atoms with Crippen LogP contribution in [0.15, 0.2) is 0 Å². The Morgan fingerprint density at radius 2 is 2.43 bits per heavy atom. The molecule has 0 unspecified atom stereocenters. The normalized spacial score (nSPS) is 9.43. The fraction of sp³-hybridized carbons (Fsp3) is 1.00. The van der Waals surface area contributed by atoms with Gasteiger partial charge in [0.15, 0.2) is 0 Å². The van der Waals surface area contributed by atoms with E-state index in [1.807, 2.05) is 0 Å². The van der Waals surface area contributed by atoms with Gasteiger partial charge in [-0.05, 0) is 6.42 Å². The van der Waals surface area contributed by atoms with Crippen LogP contribution < -0.4 is 3.53 Å². The molecular weight excluding hydrogens is 205 g/mol. The fourth-order valence-electron chi connectivity index (χ4n) is 0.255. The Kier molecular flexibility index (Phi) is 7.27. The summed E-state index contributed by atoms with van der Waals surface area (Å²) >= 11 is 2.05. The van der Waals surface area contributed by atoms with Crippen LogP contribution in [-0.4, -0.2) is 13.3 Å². The first-order valence-corrected chi connectivity index (χ1v) is 3.41. The predicted molar refractivity (Wildman–Crippen MR) is 38.3 cm³/mol. The molecule has 0 fully saturated rings. The fourth-order valence-corrected chi connectivity index (χ4v) is 0.475. The van der Waals surface area contributed by atoms with Crippen molar-refractivity contribution >= 4 is 22.9 Å². The Hall–Kier alpha value is 0.650. The molecule has 0 atom stereocenters. The van der Waals surface area contributed by atoms with Gasteiger partial charge in [0.1, 0.15) is 6.73 Å². The van der Waals surface area contributed by atoms with E-state index in [2.05, 4.69) is 33.3 Å². The van der Waals surface area contributed by atoms with Gasteiger partial charge in [0.25, 0.3) is 0 Å². The van der Waals surface area contributed by atoms with Crippen molar-refractivity contribution in [3.8, 4) is 0 Å². The van der Waals surface area contributed by atoms with Crippen LogP contribution in [0, 0.1) is 0 Å². The summed E-state index contributed by atoms with van der Waals surface area (Å²) in [6.07, 6.45) is 1.10. The largest absolute Gasteiger partial charge is 0.366 e. The highest BCUT2D eigenvalue weighted by atomic mass is 127. The summed E-state index contributed by atoms with van der Waals surface area (Å²) in [6, 6.07) is 0. The summed E-state index contributed by atoms with van der Waals surface area (Å²) in [4.78, 5) is 0. The minimum Gasteiger partial charge on any atom is -0.366 e. The van der Waals surface area contributed by atoms with Gasteiger partial charge in [0, 0.05) is 29.5 Å². The van der Waals surface area contributed by atoms with E-state index < -0.39 is 0 Å². The molecular formula is C4H10INO. The van der Waals surface area contributed by atoms with Gasteiger partial charge >= 0.3 is 0 Å². The highest BCUT2D eigenvalue weighted by molar-refractivity contribution is 14.1. The first-order valence-electron chi connectivity index (χ1n) is 2.33. The molecule has 0 aliphatic heterocycles. The highest BCUT2D eigenvalue weighted by Crippen LogP contribution is 1.77. The zero-order valence-corrected chi connectivity index (χ0v) is 6.57. The maximum absolute atomic E-state index is 5.01. The molecule has 2 nitrogen and oxygen atoms in total. The molecule has 0 radical (unpaired) electrons. The number of ether oxygens (including phenoxy) is 1. The molecule has 0 bridgehead atoms. The summed E-state index contributed by atoms with van der Waals surface area (Å²) in [5.74, 6) is 0. The molecule has 0 spiro atoms. The van der Waals surface area contributed by atoms with Gasteiger partial charge in [0.2, 0.25) is 0 Å². The topological polar surface area (TPSA) is 21.3 Å². The third kappa shape index (κ3) is 6.65. The van der Waals surface area contributed by atoms with Crippen LogP contribution in [0.4, 0.5) is 0 Å². The minimum absolute atomic E-state index is 0.661. The van der Waals surface area contributed by atoms with Gasteiger partial charge in [-0.2, -0.15) is 0 Å². The number of nitrogens with one attached hydrogen (secondary N) is 1. The lowest BCUT2D eigenvalue weighted by Gasteiger charge is -1.95. The number of hydrogen-bond acceptors (Lipinski definition) is 2. The van der Waals surface area contributed by atoms with Gasteiger partial charge in [-0.25, -0.2) is 3.53 Å². The number of halogens is 1. The van der Waals surface area contributed by atoms with Crippen LogP contribution in [0.25, 0.3) is 0 Å². The second-order valence-electron chi connectivity index (χ2n) is 1.19. The molecule has 0 rings (SSSR count). The summed E-state index contributed by atoms with van der Waals surface area (Å²) in [5.41, 5.74) is 0. The van der Waals surface area contributed by atoms with Crippen LogP contribution in [0.5, 0.6) is 0 Å². The van der Waals surface area contributed by atoms with Crippen LogP contribution in [0.1, 0.15) is 13.3 Å². The van der Waals surface area contributed by atoms with Crippen molar-refractivity contribution in [3.05, 3.63) is 0 Å². The van der Waals surface area contributed by atoms with E-state index in [4.69, 9.17) is 4.74 Å². The standard InChI is InChI=1S/C4H10INO/c1-2-3-7-4-6-5/h6H,2-4H2,1H3. The molecule has 0 amide bonds. The van der Waals surface area contributed by atoms with Crippen molar-refractivity contribution in [1.29, 1.82) is 0 Å². The quantitative estimate of drug-likeness (QED) is 0.330. The third-order valence-electron chi connectivity index (χ3n) is 0.505. The molecule has 0 aromatic heterocycles. The van der Waals surface area contributed by atoms with Gasteiger partial charge in [-0.3, -0.25) is 0 Å². The van der Waals surface area contributed by atoms with E-state index in [1.54, 1.807) is 0 Å². The van der Waals surface area contributed by atoms with Crippen LogP contribution in [-0.2, 0) is 4.74 Å². The molecule has 44 valence electrons. The molecule has 0 heterocycles. The Balaban J connectivity index is 2.45. The molecule has 0 aromatic rings. The molecule has 0 aliphatic rings. The highest BCUT2D eigenvalue weighted by Gasteiger charge is 1.77. The monoisotopic (exact) mass is 215 g/mol. The SMILES string of the molecule is CCCOCNI. The maximum atomic E-state index is 5.01. The number of rotatable bonds is 4. The summed E-state index contributed by atoms with van der Waals surface area (Å²) in [7, 11) is 0. The summed E-state index contributed by atoms with van der Waals surface area (Å²) in [6.45, 7) is 3.61. The maximum Gasteiger partial charge on any atom is 0.105 e. The Morgan fingerprint density at radius 1 is 1.71 bits per heavy atom. The smallest absolute Gasteiger partial charge is 0.105 e. The van der Waals surface area contributed by atoms with Crippen molar-refractivity contribution in [2.45, 2.75) is 13.3 Å². The zero-order chi connectivity index (χ0) is 5.54. The molecule has 7 heavy (non-hydrogen) atoms. The van der Waals surface area contributed by atoms with Gasteiger partial charge in [0.05, 0.1) is 0 Å². The van der Waals surface area contributed by atoms with Crippen LogP contribution in [0.2, 0.25) is 0 Å². The van der Waals surface area contributed by atoms with E-state index in [0.717, 1.165) is 13.0 Å². The Labute approximate surface area is 58.1 Å². The summed E-state index contributed by atoms with van der Waals surface area (Å²) in [5, 5.41) is 0. The number of hydrogen-bond donors (Lipinski definition) is 1. The van der Waals surface area contributed by atoms with E-state index in [9.17, 15) is 0 Å². The minimum atomic E-state index is 0.661. The van der Waals surface area contributed by atoms with Gasteiger partial charge in [-0.1, -0.05) is 6.92 Å². The lowest BCUT2D eigenvalue weighted by Crippen LogP contribution is -2.05. The second kappa shape index (κ2) is 6.65. The second-order valence-corrected chi connectivity index (χ2v) is 1.95. The van der Waals surface area contributed by atoms with E-state index in [0.29, 0.717) is 6.73 Å². The van der Waals surface area contributed by atoms with Crippen molar-refractivity contribution in [3.63, 3.8) is 0 Å². The van der Waals surface area contributed by atoms with Crippen LogP contribution in [0.3, 0.4) is 0 Å². The van der Waals surface area contributed by atoms with Crippen molar-refractivity contribution < 1.29 is 4.74 Å². The third-order valence-corrected chi connectivity index (χ3v) is 0.816. The first kappa shape index (κ1) is 7.65. The van der Waals surface area contributed by atoms with Crippen LogP contribution >= 0.6 is 22.9 Å². The van der Waals surface area contributed by atoms with E-state index in [1.165, 1.54) is 0 Å². The lowest BCUT2D eigenvalue weighted by molar-refractivity contribution is 0.136. The first-order chi connectivity index (χ1) is 3.41. The molecule has 0 saturated carbocycles. The molecule has 3 heteroatoms. The van der Waals surface area contributed by atoms with Gasteiger partial charge < -0.3 is 4.74 Å². The predicted octanol–water partition coefficient (Wildman–Crippen LogP) is 1.31. The summed E-state index contributed by atoms with van der Waals surface area (Å²) < 4.78 is 7.86. The molecule has 0 aliphatic carbocycles. The molecule has 0 aromatic carbocycles. The van der Waals surface area contributed by atoms with Crippen molar-refractivity contribution in [2.75, 3.05) is 13.3 Å². The van der Waals surface area contributed by atoms with Crippen molar-refractivity contribution in [1.82, 2.24) is 3.53 Å². The molecule has 0 saturated heterocycles. The average molecular weight is 215 g/mol.